The van der Waals surface area contributed by atoms with E-state index in [2.05, 4.69) is 6.58 Å². The van der Waals surface area contributed by atoms with Crippen LogP contribution in [0, 0.1) is 0 Å². The molecule has 1 atom stereocenters. The molecule has 0 aliphatic carbocycles. The minimum atomic E-state index is -0.509. The molecule has 0 heterocycles. The summed E-state index contributed by atoms with van der Waals surface area (Å²) >= 11 is 0. The summed E-state index contributed by atoms with van der Waals surface area (Å²) in [5.74, 6) is -0.864. The van der Waals surface area contributed by atoms with Crippen LogP contribution in [0.2, 0.25) is 0 Å². The Morgan fingerprint density at radius 3 is 1.83 bits per heavy atom. The minimum Gasteiger partial charge on any atom is -0.458 e. The first kappa shape index (κ1) is 19.2. The highest BCUT2D eigenvalue weighted by Gasteiger charge is 2.14. The Balaban J connectivity index is 0.000000891. The van der Waals surface area contributed by atoms with Crippen LogP contribution in [0.5, 0.6) is 0 Å². The molecule has 0 aliphatic rings. The lowest BCUT2D eigenvalue weighted by atomic mass is 10.2. The van der Waals surface area contributed by atoms with E-state index in [-0.39, 0.29) is 6.61 Å². The van der Waals surface area contributed by atoms with E-state index in [4.69, 9.17) is 9.47 Å². The van der Waals surface area contributed by atoms with Crippen LogP contribution in [0.4, 0.5) is 0 Å². The number of carbonyl (C=O) groups excluding carboxylic acids is 2. The van der Waals surface area contributed by atoms with Crippen molar-refractivity contribution < 1.29 is 19.1 Å². The van der Waals surface area contributed by atoms with Gasteiger partial charge in [-0.25, -0.2) is 9.59 Å². The van der Waals surface area contributed by atoms with Gasteiger partial charge in [-0.3, -0.25) is 0 Å². The number of ether oxygens (including phenoxy) is 2. The first-order valence-corrected chi connectivity index (χ1v) is 7.63. The van der Waals surface area contributed by atoms with Crippen LogP contribution in [0.1, 0.15) is 34.6 Å². The number of benzene rings is 2. The van der Waals surface area contributed by atoms with Crippen molar-refractivity contribution in [1.29, 1.82) is 0 Å². The van der Waals surface area contributed by atoms with Crippen molar-refractivity contribution in [2.24, 2.45) is 0 Å². The molecule has 0 aliphatic heterocycles. The van der Waals surface area contributed by atoms with Crippen LogP contribution < -0.4 is 0 Å². The summed E-state index contributed by atoms with van der Waals surface area (Å²) in [6.45, 7) is 6.95. The summed E-state index contributed by atoms with van der Waals surface area (Å²) < 4.78 is 10.3. The third kappa shape index (κ3) is 6.92. The van der Waals surface area contributed by atoms with Gasteiger partial charge in [0.1, 0.15) is 12.7 Å². The number of carbonyl (C=O) groups is 2. The van der Waals surface area contributed by atoms with E-state index < -0.39 is 18.0 Å². The second-order valence-electron chi connectivity index (χ2n) is 4.95. The van der Waals surface area contributed by atoms with E-state index in [9.17, 15) is 9.59 Å². The highest BCUT2D eigenvalue weighted by atomic mass is 16.6. The lowest BCUT2D eigenvalue weighted by Crippen LogP contribution is -2.22. The predicted molar refractivity (Wildman–Crippen MR) is 93.9 cm³/mol. The summed E-state index contributed by atoms with van der Waals surface area (Å²) in [5, 5.41) is 0. The molecule has 24 heavy (non-hydrogen) atoms. The highest BCUT2D eigenvalue weighted by molar-refractivity contribution is 5.90. The molecular weight excluding hydrogens is 304 g/mol. The van der Waals surface area contributed by atoms with Gasteiger partial charge in [-0.1, -0.05) is 42.5 Å². The molecule has 0 saturated carbocycles. The van der Waals surface area contributed by atoms with Gasteiger partial charge in [0.2, 0.25) is 0 Å². The third-order valence-electron chi connectivity index (χ3n) is 2.78. The lowest BCUT2D eigenvalue weighted by Gasteiger charge is -2.13. The molecular formula is C20H22O4. The first-order valence-electron chi connectivity index (χ1n) is 7.63. The van der Waals surface area contributed by atoms with E-state index in [0.717, 1.165) is 0 Å². The number of hydrogen-bond donors (Lipinski definition) is 0. The van der Waals surface area contributed by atoms with Gasteiger partial charge < -0.3 is 9.47 Å². The Hall–Kier alpha value is -2.88. The maximum atomic E-state index is 11.8. The van der Waals surface area contributed by atoms with Crippen molar-refractivity contribution >= 4 is 11.9 Å². The van der Waals surface area contributed by atoms with E-state index in [1.807, 2.05) is 19.1 Å². The van der Waals surface area contributed by atoms with Gasteiger partial charge in [0.05, 0.1) is 11.1 Å². The minimum absolute atomic E-state index is 0.0201. The molecule has 0 N–H and O–H groups in total. The fraction of sp³-hybridized carbons (Fsp3) is 0.200. The molecule has 0 radical (unpaired) electrons. The second kappa shape index (κ2) is 10.8. The molecule has 0 bridgehead atoms. The Bertz CT molecular complexity index is 635. The number of esters is 2. The summed E-state index contributed by atoms with van der Waals surface area (Å²) in [6.07, 6.45) is 1.24. The summed E-state index contributed by atoms with van der Waals surface area (Å²) in [6, 6.07) is 17.4. The van der Waals surface area contributed by atoms with Crippen LogP contribution in [0.15, 0.2) is 73.3 Å². The van der Waals surface area contributed by atoms with Gasteiger partial charge in [0.15, 0.2) is 0 Å². The van der Waals surface area contributed by atoms with Crippen molar-refractivity contribution in [3.05, 3.63) is 84.4 Å². The standard InChI is InChI=1S/C17H16O4.C3H6/c1-13(21-17(19)15-10-6-3-7-11-15)12-20-16(18)14-8-4-2-5-9-14;1-3-2/h2-11,13H,12H2,1H3;3H,1H2,2H3. The van der Waals surface area contributed by atoms with Crippen molar-refractivity contribution in [3.8, 4) is 0 Å². The lowest BCUT2D eigenvalue weighted by molar-refractivity contribution is 0.00448. The molecule has 4 heteroatoms. The maximum Gasteiger partial charge on any atom is 0.338 e. The van der Waals surface area contributed by atoms with Gasteiger partial charge in [0.25, 0.3) is 0 Å². The van der Waals surface area contributed by atoms with Gasteiger partial charge >= 0.3 is 11.9 Å². The number of allylic oxidation sites excluding steroid dienone is 1. The molecule has 2 aromatic rings. The first-order chi connectivity index (χ1) is 11.6. The van der Waals surface area contributed by atoms with Crippen molar-refractivity contribution in [1.82, 2.24) is 0 Å². The van der Waals surface area contributed by atoms with Gasteiger partial charge in [-0.2, -0.15) is 0 Å². The average molecular weight is 326 g/mol. The molecule has 0 aromatic heterocycles. The van der Waals surface area contributed by atoms with E-state index in [0.29, 0.717) is 11.1 Å². The molecule has 0 saturated heterocycles. The zero-order chi connectivity index (χ0) is 17.8. The molecule has 126 valence electrons. The fourth-order valence-corrected chi connectivity index (χ4v) is 1.71. The summed E-state index contributed by atoms with van der Waals surface area (Å²) in [7, 11) is 0. The molecule has 2 rings (SSSR count). The van der Waals surface area contributed by atoms with E-state index in [1.54, 1.807) is 61.5 Å². The maximum absolute atomic E-state index is 11.8. The molecule has 0 fully saturated rings. The predicted octanol–water partition coefficient (Wildman–Crippen LogP) is 4.28. The Kier molecular flexibility index (Phi) is 8.61. The Morgan fingerprint density at radius 1 is 0.958 bits per heavy atom. The molecule has 0 amide bonds. The summed E-state index contributed by atoms with van der Waals surface area (Å²) in [5.41, 5.74) is 0.942. The Morgan fingerprint density at radius 2 is 1.38 bits per heavy atom. The zero-order valence-electron chi connectivity index (χ0n) is 14.0. The van der Waals surface area contributed by atoms with Crippen molar-refractivity contribution in [2.75, 3.05) is 6.61 Å². The zero-order valence-corrected chi connectivity index (χ0v) is 14.0. The average Bonchev–Trinajstić information content (AvgIpc) is 2.62. The quantitative estimate of drug-likeness (QED) is 0.608. The molecule has 1 unspecified atom stereocenters. The topological polar surface area (TPSA) is 52.6 Å². The number of rotatable bonds is 5. The van der Waals surface area contributed by atoms with Gasteiger partial charge in [0, 0.05) is 0 Å². The summed E-state index contributed by atoms with van der Waals surface area (Å²) in [4.78, 5) is 23.5. The number of hydrogen-bond acceptors (Lipinski definition) is 4. The third-order valence-corrected chi connectivity index (χ3v) is 2.78. The normalized spacial score (nSPS) is 10.6. The highest BCUT2D eigenvalue weighted by Crippen LogP contribution is 2.06. The largest absolute Gasteiger partial charge is 0.458 e. The van der Waals surface area contributed by atoms with Crippen LogP contribution in [-0.2, 0) is 9.47 Å². The SMILES string of the molecule is C=CC.CC(COC(=O)c1ccccc1)OC(=O)c1ccccc1. The Labute approximate surface area is 142 Å². The molecule has 4 nitrogen and oxygen atoms in total. The van der Waals surface area contributed by atoms with Crippen LogP contribution >= 0.6 is 0 Å². The van der Waals surface area contributed by atoms with Gasteiger partial charge in [-0.15, -0.1) is 6.58 Å². The van der Waals surface area contributed by atoms with E-state index in [1.165, 1.54) is 0 Å². The monoisotopic (exact) mass is 326 g/mol. The smallest absolute Gasteiger partial charge is 0.338 e. The van der Waals surface area contributed by atoms with Gasteiger partial charge in [-0.05, 0) is 38.1 Å². The van der Waals surface area contributed by atoms with Crippen molar-refractivity contribution in [3.63, 3.8) is 0 Å². The van der Waals surface area contributed by atoms with Crippen LogP contribution in [-0.4, -0.2) is 24.6 Å². The van der Waals surface area contributed by atoms with Crippen molar-refractivity contribution in [2.45, 2.75) is 20.0 Å². The molecule has 0 spiro atoms. The van der Waals surface area contributed by atoms with Crippen LogP contribution in [0.25, 0.3) is 0 Å². The van der Waals surface area contributed by atoms with E-state index >= 15 is 0 Å². The fourth-order valence-electron chi connectivity index (χ4n) is 1.71. The second-order valence-corrected chi connectivity index (χ2v) is 4.95. The van der Waals surface area contributed by atoms with Crippen LogP contribution in [0.3, 0.4) is 0 Å². The molecule has 2 aromatic carbocycles.